The largest absolute Gasteiger partial charge is 0.480 e. The number of carboxylic acids is 1. The van der Waals surface area contributed by atoms with Gasteiger partial charge in [-0.1, -0.05) is 0 Å². The van der Waals surface area contributed by atoms with Crippen LogP contribution in [0.25, 0.3) is 0 Å². The van der Waals surface area contributed by atoms with E-state index in [0.29, 0.717) is 25.9 Å². The summed E-state index contributed by atoms with van der Waals surface area (Å²) in [6.07, 6.45) is 1.03. The van der Waals surface area contributed by atoms with Crippen molar-refractivity contribution in [3.05, 3.63) is 0 Å². The second kappa shape index (κ2) is 8.36. The molecular weight excluding hydrogens is 268 g/mol. The second-order valence-electron chi connectivity index (χ2n) is 4.35. The maximum atomic E-state index is 11.8. The summed E-state index contributed by atoms with van der Waals surface area (Å²) in [6.45, 7) is 2.45. The zero-order chi connectivity index (χ0) is 15.0. The fraction of sp³-hybridized carbons (Fsp3) is 0.750. The third kappa shape index (κ3) is 5.87. The molecule has 8 heteroatoms. The third-order valence-electron chi connectivity index (χ3n) is 2.86. The summed E-state index contributed by atoms with van der Waals surface area (Å²) >= 11 is 0. The van der Waals surface area contributed by atoms with Crippen LogP contribution in [0.1, 0.15) is 19.8 Å². The van der Waals surface area contributed by atoms with Crippen molar-refractivity contribution in [3.8, 4) is 0 Å². The lowest BCUT2D eigenvalue weighted by Crippen LogP contribution is -2.47. The minimum atomic E-state index is -1.00. The van der Waals surface area contributed by atoms with E-state index < -0.39 is 11.9 Å². The summed E-state index contributed by atoms with van der Waals surface area (Å²) in [5.74, 6) is -1.47. The van der Waals surface area contributed by atoms with Crippen LogP contribution in [0.4, 0.5) is 4.79 Å². The predicted octanol–water partition coefficient (Wildman–Crippen LogP) is -0.175. The van der Waals surface area contributed by atoms with Gasteiger partial charge in [0.15, 0.2) is 0 Å². The van der Waals surface area contributed by atoms with E-state index in [1.54, 1.807) is 11.8 Å². The molecule has 0 aromatic carbocycles. The van der Waals surface area contributed by atoms with Crippen molar-refractivity contribution in [1.82, 2.24) is 10.2 Å². The van der Waals surface area contributed by atoms with E-state index >= 15 is 0 Å². The van der Waals surface area contributed by atoms with Crippen LogP contribution in [0, 0.1) is 0 Å². The first kappa shape index (κ1) is 16.2. The summed E-state index contributed by atoms with van der Waals surface area (Å²) in [4.78, 5) is 34.8. The third-order valence-corrected chi connectivity index (χ3v) is 2.86. The number of nitrogens with zero attached hydrogens (tertiary/aromatic N) is 1. The molecule has 0 aromatic heterocycles. The van der Waals surface area contributed by atoms with Crippen molar-refractivity contribution in [3.63, 3.8) is 0 Å². The molecule has 8 nitrogen and oxygen atoms in total. The number of amides is 2. The van der Waals surface area contributed by atoms with Gasteiger partial charge < -0.3 is 24.8 Å². The molecule has 0 radical (unpaired) electrons. The van der Waals surface area contributed by atoms with E-state index in [-0.39, 0.29) is 31.9 Å². The lowest BCUT2D eigenvalue weighted by atomic mass is 10.1. The van der Waals surface area contributed by atoms with Crippen molar-refractivity contribution >= 4 is 18.0 Å². The van der Waals surface area contributed by atoms with Gasteiger partial charge in [0, 0.05) is 13.1 Å². The first-order valence-corrected chi connectivity index (χ1v) is 6.54. The summed E-state index contributed by atoms with van der Waals surface area (Å²) < 4.78 is 9.87. The Morgan fingerprint density at radius 1 is 1.30 bits per heavy atom. The average Bonchev–Trinajstić information content (AvgIpc) is 2.43. The van der Waals surface area contributed by atoms with Crippen LogP contribution >= 0.6 is 0 Å². The van der Waals surface area contributed by atoms with Crippen LogP contribution in [0.5, 0.6) is 0 Å². The minimum Gasteiger partial charge on any atom is -0.480 e. The van der Waals surface area contributed by atoms with Crippen molar-refractivity contribution < 1.29 is 29.0 Å². The van der Waals surface area contributed by atoms with E-state index in [1.807, 2.05) is 0 Å². The first-order chi connectivity index (χ1) is 9.52. The van der Waals surface area contributed by atoms with Gasteiger partial charge in [-0.15, -0.1) is 0 Å². The van der Waals surface area contributed by atoms with Gasteiger partial charge >= 0.3 is 18.0 Å². The van der Waals surface area contributed by atoms with Crippen molar-refractivity contribution in [2.75, 3.05) is 32.8 Å². The van der Waals surface area contributed by atoms with Gasteiger partial charge in [-0.05, 0) is 19.8 Å². The molecule has 2 amide bonds. The van der Waals surface area contributed by atoms with Crippen LogP contribution in [0.2, 0.25) is 0 Å². The van der Waals surface area contributed by atoms with Gasteiger partial charge in [0.2, 0.25) is 0 Å². The lowest BCUT2D eigenvalue weighted by molar-refractivity contribution is -0.145. The number of esters is 1. The quantitative estimate of drug-likeness (QED) is 0.657. The summed E-state index contributed by atoms with van der Waals surface area (Å²) in [5, 5.41) is 11.0. The molecule has 2 N–H and O–H groups in total. The molecule has 1 rings (SSSR count). The standard InChI is InChI=1S/C12H20N2O6/c1-2-19-11(17)7-13-12(18)14-5-3-9(4-6-14)20-8-10(15)16/h9H,2-8H2,1H3,(H,13,18)(H,15,16). The Morgan fingerprint density at radius 3 is 2.50 bits per heavy atom. The molecule has 1 aliphatic heterocycles. The Balaban J connectivity index is 2.21. The molecule has 0 bridgehead atoms. The Bertz CT molecular complexity index is 352. The van der Waals surface area contributed by atoms with Gasteiger partial charge in [0.05, 0.1) is 12.7 Å². The Morgan fingerprint density at radius 2 is 1.95 bits per heavy atom. The molecule has 0 saturated carbocycles. The Kier molecular flexibility index (Phi) is 6.78. The van der Waals surface area contributed by atoms with Gasteiger partial charge in [-0.2, -0.15) is 0 Å². The highest BCUT2D eigenvalue weighted by molar-refractivity contribution is 5.80. The second-order valence-corrected chi connectivity index (χ2v) is 4.35. The molecule has 114 valence electrons. The number of carbonyl (C=O) groups excluding carboxylic acids is 2. The minimum absolute atomic E-state index is 0.139. The smallest absolute Gasteiger partial charge is 0.329 e. The number of hydrogen-bond acceptors (Lipinski definition) is 5. The molecular formula is C12H20N2O6. The van der Waals surface area contributed by atoms with Crippen molar-refractivity contribution in [2.45, 2.75) is 25.9 Å². The number of rotatable bonds is 6. The molecule has 0 unspecified atom stereocenters. The number of aliphatic carboxylic acids is 1. The first-order valence-electron chi connectivity index (χ1n) is 6.54. The zero-order valence-electron chi connectivity index (χ0n) is 11.5. The Labute approximate surface area is 117 Å². The lowest BCUT2D eigenvalue weighted by Gasteiger charge is -2.31. The summed E-state index contributed by atoms with van der Waals surface area (Å²) in [6, 6.07) is -0.324. The summed E-state index contributed by atoms with van der Waals surface area (Å²) in [7, 11) is 0. The molecule has 0 aromatic rings. The van der Waals surface area contributed by atoms with E-state index in [1.165, 1.54) is 0 Å². The summed E-state index contributed by atoms with van der Waals surface area (Å²) in [5.41, 5.74) is 0. The molecule has 1 heterocycles. The SMILES string of the molecule is CCOC(=O)CNC(=O)N1CCC(OCC(=O)O)CC1. The fourth-order valence-corrected chi connectivity index (χ4v) is 1.89. The van der Waals surface area contributed by atoms with Crippen LogP contribution in [0.15, 0.2) is 0 Å². The molecule has 20 heavy (non-hydrogen) atoms. The number of carbonyl (C=O) groups is 3. The number of likely N-dealkylation sites (tertiary alicyclic amines) is 1. The molecule has 0 aliphatic carbocycles. The van der Waals surface area contributed by atoms with Crippen LogP contribution < -0.4 is 5.32 Å². The van der Waals surface area contributed by atoms with Crippen LogP contribution in [-0.2, 0) is 19.1 Å². The fourth-order valence-electron chi connectivity index (χ4n) is 1.89. The van der Waals surface area contributed by atoms with Crippen molar-refractivity contribution in [2.24, 2.45) is 0 Å². The number of hydrogen-bond donors (Lipinski definition) is 2. The van der Waals surface area contributed by atoms with Crippen LogP contribution in [0.3, 0.4) is 0 Å². The maximum Gasteiger partial charge on any atom is 0.329 e. The number of nitrogens with one attached hydrogen (secondary N) is 1. The number of ether oxygens (including phenoxy) is 2. The van der Waals surface area contributed by atoms with Crippen LogP contribution in [-0.4, -0.2) is 66.9 Å². The van der Waals surface area contributed by atoms with E-state index in [2.05, 4.69) is 5.32 Å². The van der Waals surface area contributed by atoms with Gasteiger partial charge in [0.25, 0.3) is 0 Å². The molecule has 1 saturated heterocycles. The van der Waals surface area contributed by atoms with E-state index in [0.717, 1.165) is 0 Å². The van der Waals surface area contributed by atoms with Gasteiger partial charge in [-0.25, -0.2) is 9.59 Å². The van der Waals surface area contributed by atoms with Gasteiger partial charge in [0.1, 0.15) is 13.2 Å². The average molecular weight is 288 g/mol. The van der Waals surface area contributed by atoms with Crippen molar-refractivity contribution in [1.29, 1.82) is 0 Å². The molecule has 1 fully saturated rings. The molecule has 0 atom stereocenters. The highest BCUT2D eigenvalue weighted by Gasteiger charge is 2.23. The normalized spacial score (nSPS) is 15.8. The Hall–Kier alpha value is -1.83. The number of piperidine rings is 1. The molecule has 1 aliphatic rings. The highest BCUT2D eigenvalue weighted by Crippen LogP contribution is 2.13. The van der Waals surface area contributed by atoms with Gasteiger partial charge in [-0.3, -0.25) is 4.79 Å². The number of urea groups is 1. The monoisotopic (exact) mass is 288 g/mol. The highest BCUT2D eigenvalue weighted by atomic mass is 16.5. The maximum absolute atomic E-state index is 11.8. The zero-order valence-corrected chi connectivity index (χ0v) is 11.5. The molecule has 0 spiro atoms. The van der Waals surface area contributed by atoms with E-state index in [4.69, 9.17) is 14.6 Å². The number of carboxylic acid groups (broad SMARTS) is 1. The topological polar surface area (TPSA) is 105 Å². The van der Waals surface area contributed by atoms with E-state index in [9.17, 15) is 14.4 Å². The predicted molar refractivity (Wildman–Crippen MR) is 68.2 cm³/mol.